The average Bonchev–Trinajstić information content (AvgIpc) is 3.02. The van der Waals surface area contributed by atoms with Crippen molar-refractivity contribution in [2.24, 2.45) is 13.0 Å². The van der Waals surface area contributed by atoms with Crippen molar-refractivity contribution >= 4 is 10.2 Å². The van der Waals surface area contributed by atoms with Crippen molar-refractivity contribution in [2.45, 2.75) is 19.3 Å². The Hall–Kier alpha value is -1.84. The van der Waals surface area contributed by atoms with E-state index in [-0.39, 0.29) is 5.92 Å². The molecule has 0 N–H and O–H groups in total. The summed E-state index contributed by atoms with van der Waals surface area (Å²) in [4.78, 5) is 8.97. The summed E-state index contributed by atoms with van der Waals surface area (Å²) < 4.78 is 29.2. The lowest BCUT2D eigenvalue weighted by molar-refractivity contribution is 0.253. The highest BCUT2D eigenvalue weighted by Crippen LogP contribution is 2.23. The van der Waals surface area contributed by atoms with E-state index in [0.29, 0.717) is 13.1 Å². The highest BCUT2D eigenvalue weighted by atomic mass is 32.2. The third-order valence-corrected chi connectivity index (χ3v) is 6.38. The Balaban J connectivity index is 1.66. The van der Waals surface area contributed by atoms with Crippen LogP contribution in [0.3, 0.4) is 0 Å². The lowest BCUT2D eigenvalue weighted by Gasteiger charge is -2.33. The van der Waals surface area contributed by atoms with Gasteiger partial charge in [0.2, 0.25) is 0 Å². The molecule has 2 aromatic rings. The average molecular weight is 364 g/mol. The maximum absolute atomic E-state index is 12.3. The van der Waals surface area contributed by atoms with Gasteiger partial charge in [-0.1, -0.05) is 0 Å². The van der Waals surface area contributed by atoms with Crippen LogP contribution >= 0.6 is 0 Å². The van der Waals surface area contributed by atoms with E-state index in [9.17, 15) is 8.42 Å². The molecule has 3 rings (SSSR count). The zero-order valence-electron chi connectivity index (χ0n) is 14.8. The highest BCUT2D eigenvalue weighted by molar-refractivity contribution is 7.86. The number of aryl methyl sites for hydroxylation is 1. The molecular weight excluding hydrogens is 340 g/mol. The summed E-state index contributed by atoms with van der Waals surface area (Å²) in [5.74, 6) is 0.266. The van der Waals surface area contributed by atoms with Crippen LogP contribution < -0.4 is 0 Å². The molecule has 0 aliphatic carbocycles. The molecule has 9 heteroatoms. The van der Waals surface area contributed by atoms with Gasteiger partial charge in [-0.05, 0) is 25.2 Å². The predicted octanol–water partition coefficient (Wildman–Crippen LogP) is 0.938. The highest BCUT2D eigenvalue weighted by Gasteiger charge is 2.30. The lowest BCUT2D eigenvalue weighted by atomic mass is 9.95. The molecule has 0 amide bonds. The van der Waals surface area contributed by atoms with Crippen molar-refractivity contribution in [1.29, 1.82) is 0 Å². The first-order valence-electron chi connectivity index (χ1n) is 8.34. The first-order chi connectivity index (χ1) is 11.9. The molecule has 0 aromatic carbocycles. The molecule has 1 atom stereocenters. The summed E-state index contributed by atoms with van der Waals surface area (Å²) in [6, 6.07) is 0. The van der Waals surface area contributed by atoms with Gasteiger partial charge in [0.15, 0.2) is 0 Å². The Kier molecular flexibility index (Phi) is 5.16. The van der Waals surface area contributed by atoms with E-state index in [0.717, 1.165) is 36.2 Å². The molecule has 0 unspecified atom stereocenters. The molecule has 0 saturated carbocycles. The van der Waals surface area contributed by atoms with Crippen LogP contribution in [0.4, 0.5) is 0 Å². The van der Waals surface area contributed by atoms with Crippen LogP contribution in [0.5, 0.6) is 0 Å². The number of aromatic nitrogens is 4. The maximum atomic E-state index is 12.3. The number of hydrogen-bond acceptors (Lipinski definition) is 5. The van der Waals surface area contributed by atoms with Gasteiger partial charge in [0.25, 0.3) is 10.2 Å². The standard InChI is InChI=1S/C16H24N6O2S/c1-20(2)25(23,24)22-6-4-5-13(11-22)7-15-9-18-16(10-17-15)14-8-19-21(3)12-14/h8-10,12-13H,4-7,11H2,1-3H3/t13-/m0/s1. The first-order valence-corrected chi connectivity index (χ1v) is 9.73. The number of rotatable bonds is 5. The van der Waals surface area contributed by atoms with Crippen LogP contribution in [-0.2, 0) is 23.7 Å². The normalized spacial score (nSPS) is 19.4. The first kappa shape index (κ1) is 18.0. The van der Waals surface area contributed by atoms with Crippen LogP contribution in [0.15, 0.2) is 24.8 Å². The Morgan fingerprint density at radius 2 is 2.04 bits per heavy atom. The second kappa shape index (κ2) is 7.19. The third-order valence-electron chi connectivity index (χ3n) is 4.47. The summed E-state index contributed by atoms with van der Waals surface area (Å²) in [6.45, 7) is 1.12. The Bertz CT molecular complexity index is 815. The fraction of sp³-hybridized carbons (Fsp3) is 0.562. The summed E-state index contributed by atoms with van der Waals surface area (Å²) in [7, 11) is 1.66. The van der Waals surface area contributed by atoms with Gasteiger partial charge in [-0.2, -0.15) is 22.1 Å². The molecule has 3 heterocycles. The summed E-state index contributed by atoms with van der Waals surface area (Å²) >= 11 is 0. The van der Waals surface area contributed by atoms with Crippen molar-refractivity contribution in [2.75, 3.05) is 27.2 Å². The van der Waals surface area contributed by atoms with E-state index >= 15 is 0 Å². The minimum Gasteiger partial charge on any atom is -0.275 e. The zero-order valence-corrected chi connectivity index (χ0v) is 15.6. The van der Waals surface area contributed by atoms with Crippen molar-refractivity contribution in [1.82, 2.24) is 28.4 Å². The minimum absolute atomic E-state index is 0.266. The molecule has 0 bridgehead atoms. The molecule has 1 saturated heterocycles. The second-order valence-electron chi connectivity index (χ2n) is 6.66. The molecule has 25 heavy (non-hydrogen) atoms. The van der Waals surface area contributed by atoms with E-state index in [2.05, 4.69) is 15.1 Å². The van der Waals surface area contributed by atoms with Crippen molar-refractivity contribution in [3.8, 4) is 11.3 Å². The molecular formula is C16H24N6O2S. The lowest BCUT2D eigenvalue weighted by Crippen LogP contribution is -2.45. The van der Waals surface area contributed by atoms with Gasteiger partial charge >= 0.3 is 0 Å². The zero-order chi connectivity index (χ0) is 18.0. The monoisotopic (exact) mass is 364 g/mol. The van der Waals surface area contributed by atoms with Gasteiger partial charge < -0.3 is 0 Å². The van der Waals surface area contributed by atoms with E-state index in [4.69, 9.17) is 0 Å². The fourth-order valence-electron chi connectivity index (χ4n) is 3.09. The van der Waals surface area contributed by atoms with Gasteiger partial charge in [0, 0.05) is 52.2 Å². The predicted molar refractivity (Wildman–Crippen MR) is 94.8 cm³/mol. The topological polar surface area (TPSA) is 84.2 Å². The van der Waals surface area contributed by atoms with Crippen LogP contribution in [-0.4, -0.2) is 64.0 Å². The smallest absolute Gasteiger partial charge is 0.275 e. The molecule has 0 spiro atoms. The van der Waals surface area contributed by atoms with Crippen LogP contribution in [0.25, 0.3) is 11.3 Å². The minimum atomic E-state index is -3.34. The second-order valence-corrected chi connectivity index (χ2v) is 8.80. The van der Waals surface area contributed by atoms with Crippen LogP contribution in [0.2, 0.25) is 0 Å². The van der Waals surface area contributed by atoms with Crippen molar-refractivity contribution in [3.05, 3.63) is 30.5 Å². The fourth-order valence-corrected chi connectivity index (χ4v) is 4.31. The van der Waals surface area contributed by atoms with E-state index in [1.54, 1.807) is 41.7 Å². The van der Waals surface area contributed by atoms with Gasteiger partial charge in [-0.3, -0.25) is 14.6 Å². The van der Waals surface area contributed by atoms with Gasteiger partial charge in [-0.15, -0.1) is 0 Å². The molecule has 1 aliphatic rings. The Morgan fingerprint density at radius 1 is 1.24 bits per heavy atom. The number of nitrogens with zero attached hydrogens (tertiary/aromatic N) is 6. The van der Waals surface area contributed by atoms with Crippen LogP contribution in [0, 0.1) is 5.92 Å². The molecule has 1 aliphatic heterocycles. The molecule has 0 radical (unpaired) electrons. The van der Waals surface area contributed by atoms with E-state index < -0.39 is 10.2 Å². The number of hydrogen-bond donors (Lipinski definition) is 0. The molecule has 1 fully saturated rings. The number of piperidine rings is 1. The maximum Gasteiger partial charge on any atom is 0.281 e. The molecule has 8 nitrogen and oxygen atoms in total. The Morgan fingerprint density at radius 3 is 2.64 bits per heavy atom. The Labute approximate surface area is 148 Å². The van der Waals surface area contributed by atoms with Gasteiger partial charge in [0.1, 0.15) is 0 Å². The molecule has 2 aromatic heterocycles. The van der Waals surface area contributed by atoms with Crippen LogP contribution in [0.1, 0.15) is 18.5 Å². The van der Waals surface area contributed by atoms with Gasteiger partial charge in [0.05, 0.1) is 23.8 Å². The summed E-state index contributed by atoms with van der Waals surface area (Å²) in [5, 5.41) is 4.14. The van der Waals surface area contributed by atoms with Crippen molar-refractivity contribution in [3.63, 3.8) is 0 Å². The largest absolute Gasteiger partial charge is 0.281 e. The quantitative estimate of drug-likeness (QED) is 0.788. The van der Waals surface area contributed by atoms with Gasteiger partial charge in [-0.25, -0.2) is 0 Å². The molecule has 136 valence electrons. The summed E-state index contributed by atoms with van der Waals surface area (Å²) in [6.07, 6.45) is 9.80. The third kappa shape index (κ3) is 4.05. The van der Waals surface area contributed by atoms with E-state index in [1.165, 1.54) is 4.31 Å². The summed E-state index contributed by atoms with van der Waals surface area (Å²) in [5.41, 5.74) is 2.61. The van der Waals surface area contributed by atoms with E-state index in [1.807, 2.05) is 13.2 Å². The van der Waals surface area contributed by atoms with Crippen molar-refractivity contribution < 1.29 is 8.42 Å². The SMILES string of the molecule is CN(C)S(=O)(=O)N1CCC[C@@H](Cc2cnc(-c3cnn(C)c3)cn2)C1.